The molecule has 7 heteroatoms. The molecule has 2 rings (SSSR count). The van der Waals surface area contributed by atoms with E-state index in [1.807, 2.05) is 0 Å². The summed E-state index contributed by atoms with van der Waals surface area (Å²) in [6.45, 7) is 2.39. The number of hydrogen-bond donors (Lipinski definition) is 0. The standard InChI is InChI=1S/C14H15F3N2O2/c1-9-12(20)18(2)7-8-19(9)13(21)10-3-5-11(6-4-10)14(15,16)17/h3-6,9H,7-8H2,1-2H3. The molecule has 0 N–H and O–H groups in total. The van der Waals surface area contributed by atoms with Crippen LogP contribution in [0.1, 0.15) is 22.8 Å². The summed E-state index contributed by atoms with van der Waals surface area (Å²) in [5, 5.41) is 0. The van der Waals surface area contributed by atoms with E-state index in [9.17, 15) is 22.8 Å². The van der Waals surface area contributed by atoms with Gasteiger partial charge in [0.15, 0.2) is 0 Å². The van der Waals surface area contributed by atoms with Crippen LogP contribution in [-0.2, 0) is 11.0 Å². The predicted molar refractivity (Wildman–Crippen MR) is 69.6 cm³/mol. The fourth-order valence-electron chi connectivity index (χ4n) is 2.26. The summed E-state index contributed by atoms with van der Waals surface area (Å²) >= 11 is 0. The van der Waals surface area contributed by atoms with Crippen molar-refractivity contribution >= 4 is 11.8 Å². The highest BCUT2D eigenvalue weighted by atomic mass is 19.4. The maximum Gasteiger partial charge on any atom is 0.416 e. The molecule has 0 aromatic heterocycles. The van der Waals surface area contributed by atoms with Gasteiger partial charge in [-0.15, -0.1) is 0 Å². The summed E-state index contributed by atoms with van der Waals surface area (Å²) in [6.07, 6.45) is -4.43. The smallest absolute Gasteiger partial charge is 0.342 e. The summed E-state index contributed by atoms with van der Waals surface area (Å²) in [4.78, 5) is 27.0. The van der Waals surface area contributed by atoms with E-state index in [-0.39, 0.29) is 11.5 Å². The van der Waals surface area contributed by atoms with E-state index in [0.29, 0.717) is 13.1 Å². The Labute approximate surface area is 120 Å². The van der Waals surface area contributed by atoms with Crippen LogP contribution in [0.2, 0.25) is 0 Å². The van der Waals surface area contributed by atoms with Crippen molar-refractivity contribution in [2.24, 2.45) is 0 Å². The third kappa shape index (κ3) is 3.01. The van der Waals surface area contributed by atoms with Crippen LogP contribution in [0.4, 0.5) is 13.2 Å². The number of benzene rings is 1. The molecule has 1 aliphatic rings. The Kier molecular flexibility index (Phi) is 3.93. The van der Waals surface area contributed by atoms with Crippen LogP contribution in [0, 0.1) is 0 Å². The molecule has 1 heterocycles. The van der Waals surface area contributed by atoms with Crippen LogP contribution >= 0.6 is 0 Å². The highest BCUT2D eigenvalue weighted by Gasteiger charge is 2.34. The fraction of sp³-hybridized carbons (Fsp3) is 0.429. The maximum absolute atomic E-state index is 12.5. The van der Waals surface area contributed by atoms with Gasteiger partial charge >= 0.3 is 6.18 Å². The number of hydrogen-bond acceptors (Lipinski definition) is 2. The van der Waals surface area contributed by atoms with Gasteiger partial charge in [0.05, 0.1) is 5.56 Å². The van der Waals surface area contributed by atoms with E-state index in [1.54, 1.807) is 14.0 Å². The van der Waals surface area contributed by atoms with Crippen LogP contribution in [0.15, 0.2) is 24.3 Å². The number of carbonyl (C=O) groups excluding carboxylic acids is 2. The largest absolute Gasteiger partial charge is 0.416 e. The quantitative estimate of drug-likeness (QED) is 0.796. The third-order valence-electron chi connectivity index (χ3n) is 3.60. The SMILES string of the molecule is CC1C(=O)N(C)CCN1C(=O)c1ccc(C(F)(F)F)cc1. The molecule has 1 aromatic carbocycles. The van der Waals surface area contributed by atoms with E-state index in [1.165, 1.54) is 9.80 Å². The zero-order valence-electron chi connectivity index (χ0n) is 11.6. The van der Waals surface area contributed by atoms with Gasteiger partial charge in [-0.25, -0.2) is 0 Å². The molecule has 1 aromatic rings. The minimum absolute atomic E-state index is 0.146. The summed E-state index contributed by atoms with van der Waals surface area (Å²) in [5.74, 6) is -0.612. The van der Waals surface area contributed by atoms with Gasteiger partial charge in [-0.3, -0.25) is 9.59 Å². The topological polar surface area (TPSA) is 40.6 Å². The third-order valence-corrected chi connectivity index (χ3v) is 3.60. The van der Waals surface area contributed by atoms with Crippen LogP contribution in [0.25, 0.3) is 0 Å². The summed E-state index contributed by atoms with van der Waals surface area (Å²) in [5.41, 5.74) is -0.659. The zero-order valence-corrected chi connectivity index (χ0v) is 11.6. The van der Waals surface area contributed by atoms with Crippen molar-refractivity contribution in [1.82, 2.24) is 9.80 Å². The number of likely N-dealkylation sites (N-methyl/N-ethyl adjacent to an activating group) is 1. The van der Waals surface area contributed by atoms with Crippen molar-refractivity contribution in [3.05, 3.63) is 35.4 Å². The molecular formula is C14H15F3N2O2. The highest BCUT2D eigenvalue weighted by Crippen LogP contribution is 2.29. The van der Waals surface area contributed by atoms with Gasteiger partial charge in [0, 0.05) is 25.7 Å². The van der Waals surface area contributed by atoms with Crippen molar-refractivity contribution in [2.75, 3.05) is 20.1 Å². The molecule has 21 heavy (non-hydrogen) atoms. The van der Waals surface area contributed by atoms with Crippen molar-refractivity contribution in [3.63, 3.8) is 0 Å². The van der Waals surface area contributed by atoms with Crippen LogP contribution in [0.3, 0.4) is 0 Å². The molecule has 1 unspecified atom stereocenters. The van der Waals surface area contributed by atoms with Gasteiger partial charge in [0.2, 0.25) is 5.91 Å². The van der Waals surface area contributed by atoms with Crippen LogP contribution < -0.4 is 0 Å². The van der Waals surface area contributed by atoms with Crippen molar-refractivity contribution in [2.45, 2.75) is 19.1 Å². The first-order valence-corrected chi connectivity index (χ1v) is 6.45. The Morgan fingerprint density at radius 2 is 1.76 bits per heavy atom. The monoisotopic (exact) mass is 300 g/mol. The van der Waals surface area contributed by atoms with Gasteiger partial charge in [-0.2, -0.15) is 13.2 Å². The lowest BCUT2D eigenvalue weighted by Gasteiger charge is -2.37. The van der Waals surface area contributed by atoms with Gasteiger partial charge < -0.3 is 9.80 Å². The molecule has 0 aliphatic carbocycles. The molecule has 0 radical (unpaired) electrons. The summed E-state index contributed by atoms with van der Waals surface area (Å²) < 4.78 is 37.5. The molecular weight excluding hydrogens is 285 g/mol. The minimum Gasteiger partial charge on any atom is -0.342 e. The van der Waals surface area contributed by atoms with Crippen molar-refractivity contribution in [1.29, 1.82) is 0 Å². The lowest BCUT2D eigenvalue weighted by atomic mass is 10.1. The first-order valence-electron chi connectivity index (χ1n) is 6.45. The van der Waals surface area contributed by atoms with E-state index < -0.39 is 23.7 Å². The first kappa shape index (κ1) is 15.3. The molecule has 1 aliphatic heterocycles. The van der Waals surface area contributed by atoms with Gasteiger partial charge in [0.25, 0.3) is 5.91 Å². The second kappa shape index (κ2) is 5.38. The molecule has 1 atom stereocenters. The molecule has 114 valence electrons. The number of rotatable bonds is 1. The normalized spacial score (nSPS) is 19.9. The van der Waals surface area contributed by atoms with E-state index >= 15 is 0 Å². The number of alkyl halides is 3. The molecule has 0 bridgehead atoms. The summed E-state index contributed by atoms with van der Waals surface area (Å²) in [6, 6.07) is 3.41. The number of nitrogens with zero attached hydrogens (tertiary/aromatic N) is 2. The van der Waals surface area contributed by atoms with E-state index in [0.717, 1.165) is 24.3 Å². The van der Waals surface area contributed by atoms with E-state index in [4.69, 9.17) is 0 Å². The predicted octanol–water partition coefficient (Wildman–Crippen LogP) is 2.01. The minimum atomic E-state index is -4.43. The molecule has 2 amide bonds. The number of piperazine rings is 1. The molecule has 1 fully saturated rings. The zero-order chi connectivity index (χ0) is 15.8. The lowest BCUT2D eigenvalue weighted by Crippen LogP contribution is -2.56. The molecule has 4 nitrogen and oxygen atoms in total. The molecule has 0 saturated carbocycles. The van der Waals surface area contributed by atoms with Crippen molar-refractivity contribution in [3.8, 4) is 0 Å². The van der Waals surface area contributed by atoms with Crippen LogP contribution in [0.5, 0.6) is 0 Å². The fourth-order valence-corrected chi connectivity index (χ4v) is 2.26. The second-order valence-corrected chi connectivity index (χ2v) is 5.01. The highest BCUT2D eigenvalue weighted by molar-refractivity contribution is 5.98. The average Bonchev–Trinajstić information content (AvgIpc) is 2.43. The van der Waals surface area contributed by atoms with Crippen LogP contribution in [-0.4, -0.2) is 47.8 Å². The Bertz CT molecular complexity index is 554. The Hall–Kier alpha value is -2.05. The van der Waals surface area contributed by atoms with Gasteiger partial charge in [-0.1, -0.05) is 0 Å². The van der Waals surface area contributed by atoms with E-state index in [2.05, 4.69) is 0 Å². The lowest BCUT2D eigenvalue weighted by molar-refractivity contribution is -0.138. The molecule has 0 spiro atoms. The van der Waals surface area contributed by atoms with Gasteiger partial charge in [-0.05, 0) is 31.2 Å². The average molecular weight is 300 g/mol. The Morgan fingerprint density at radius 3 is 2.29 bits per heavy atom. The first-order chi connectivity index (χ1) is 9.71. The molecule has 1 saturated heterocycles. The number of halogens is 3. The Morgan fingerprint density at radius 1 is 1.19 bits per heavy atom. The van der Waals surface area contributed by atoms with Crippen molar-refractivity contribution < 1.29 is 22.8 Å². The van der Waals surface area contributed by atoms with Gasteiger partial charge in [0.1, 0.15) is 6.04 Å². The number of carbonyl (C=O) groups is 2. The summed E-state index contributed by atoms with van der Waals surface area (Å²) in [7, 11) is 1.65. The second-order valence-electron chi connectivity index (χ2n) is 5.01. The number of amides is 2. The maximum atomic E-state index is 12.5. The Balaban J connectivity index is 2.19.